The number of carbonyl (C=O) groups is 2. The number of ether oxygens (including phenoxy) is 2. The van der Waals surface area contributed by atoms with E-state index in [0.29, 0.717) is 49.4 Å². The van der Waals surface area contributed by atoms with Crippen molar-refractivity contribution in [2.24, 2.45) is 0 Å². The van der Waals surface area contributed by atoms with Crippen molar-refractivity contribution in [2.45, 2.75) is 52.0 Å². The number of benzene rings is 2. The third-order valence-corrected chi connectivity index (χ3v) is 6.48. The van der Waals surface area contributed by atoms with E-state index < -0.39 is 0 Å². The van der Waals surface area contributed by atoms with Gasteiger partial charge in [-0.3, -0.25) is 9.59 Å². The molecule has 0 fully saturated rings. The third-order valence-electron chi connectivity index (χ3n) is 6.20. The Balaban J connectivity index is 1.58. The first kappa shape index (κ1) is 23.4. The fraction of sp³-hybridized carbons (Fsp3) is 0.462. The highest BCUT2D eigenvalue weighted by Crippen LogP contribution is 2.38. The van der Waals surface area contributed by atoms with Crippen LogP contribution in [0.1, 0.15) is 50.2 Å². The van der Waals surface area contributed by atoms with Crippen molar-refractivity contribution in [3.05, 3.63) is 52.5 Å². The maximum Gasteiger partial charge on any atom is 0.227 e. The van der Waals surface area contributed by atoms with Crippen LogP contribution in [0.25, 0.3) is 0 Å². The molecule has 2 heterocycles. The average molecular weight is 471 g/mol. The Labute approximate surface area is 200 Å². The van der Waals surface area contributed by atoms with Crippen molar-refractivity contribution in [3.63, 3.8) is 0 Å². The Morgan fingerprint density at radius 1 is 0.970 bits per heavy atom. The Bertz CT molecular complexity index is 1010. The minimum absolute atomic E-state index is 0.0308. The van der Waals surface area contributed by atoms with E-state index in [0.717, 1.165) is 48.9 Å². The summed E-state index contributed by atoms with van der Waals surface area (Å²) in [5, 5.41) is 0.464. The number of carbonyl (C=O) groups excluding carboxylic acids is 2. The van der Waals surface area contributed by atoms with Gasteiger partial charge in [0.2, 0.25) is 11.8 Å². The van der Waals surface area contributed by atoms with E-state index in [1.807, 2.05) is 40.1 Å². The number of anilines is 1. The molecule has 0 saturated heterocycles. The number of halogens is 1. The van der Waals surface area contributed by atoms with Gasteiger partial charge in [-0.1, -0.05) is 49.1 Å². The van der Waals surface area contributed by atoms with E-state index in [1.165, 1.54) is 0 Å². The normalized spacial score (nSPS) is 16.9. The minimum Gasteiger partial charge on any atom is -0.486 e. The molecular formula is C26H31ClN2O4. The lowest BCUT2D eigenvalue weighted by Gasteiger charge is -2.29. The Morgan fingerprint density at radius 3 is 2.52 bits per heavy atom. The van der Waals surface area contributed by atoms with Gasteiger partial charge in [-0.05, 0) is 42.2 Å². The highest BCUT2D eigenvalue weighted by atomic mass is 35.5. The van der Waals surface area contributed by atoms with E-state index in [4.69, 9.17) is 21.1 Å². The van der Waals surface area contributed by atoms with Crippen molar-refractivity contribution in [1.29, 1.82) is 0 Å². The number of fused-ring (bicyclic) bond motifs is 2. The summed E-state index contributed by atoms with van der Waals surface area (Å²) in [6, 6.07) is 11.5. The highest BCUT2D eigenvalue weighted by Gasteiger charge is 2.22. The van der Waals surface area contributed by atoms with E-state index in [1.54, 1.807) is 13.0 Å². The summed E-state index contributed by atoms with van der Waals surface area (Å²) in [6.45, 7) is 4.40. The monoisotopic (exact) mass is 470 g/mol. The molecule has 0 saturated carbocycles. The zero-order valence-corrected chi connectivity index (χ0v) is 19.9. The summed E-state index contributed by atoms with van der Waals surface area (Å²) < 4.78 is 11.3. The van der Waals surface area contributed by atoms with Gasteiger partial charge in [-0.25, -0.2) is 0 Å². The molecule has 4 rings (SSSR count). The smallest absolute Gasteiger partial charge is 0.227 e. The first-order valence-electron chi connectivity index (χ1n) is 11.7. The second-order valence-corrected chi connectivity index (χ2v) is 9.07. The van der Waals surface area contributed by atoms with Crippen LogP contribution in [0.15, 0.2) is 36.4 Å². The summed E-state index contributed by atoms with van der Waals surface area (Å²) in [6.07, 6.45) is 5.44. The molecule has 0 bridgehead atoms. The number of amides is 2. The van der Waals surface area contributed by atoms with E-state index in [2.05, 4.69) is 0 Å². The van der Waals surface area contributed by atoms with Crippen molar-refractivity contribution < 1.29 is 19.1 Å². The van der Waals surface area contributed by atoms with Gasteiger partial charge in [-0.15, -0.1) is 0 Å². The standard InChI is InChI=1S/C26H31ClN2O4/c1-19(30)29-12-8-4-2-3-7-11-28(18-21-9-5-6-10-23(21)29)25(31)17-20-15-22(27)26-24(16-20)32-13-14-33-26/h5-6,9-10,15-16H,2-4,7-8,11-14,17-18H2,1H3. The zero-order valence-electron chi connectivity index (χ0n) is 19.1. The van der Waals surface area contributed by atoms with Gasteiger partial charge in [0.1, 0.15) is 13.2 Å². The first-order valence-corrected chi connectivity index (χ1v) is 12.1. The van der Waals surface area contributed by atoms with Gasteiger partial charge < -0.3 is 19.3 Å². The molecule has 0 N–H and O–H groups in total. The SMILES string of the molecule is CC(=O)N1CCCCCCCN(C(=O)Cc2cc(Cl)c3c(c2)OCCO3)Cc2ccccc21. The maximum absolute atomic E-state index is 13.4. The molecule has 0 aromatic heterocycles. The molecule has 0 unspecified atom stereocenters. The third kappa shape index (κ3) is 5.80. The number of para-hydroxylation sites is 1. The van der Waals surface area contributed by atoms with Crippen LogP contribution < -0.4 is 14.4 Å². The van der Waals surface area contributed by atoms with Crippen LogP contribution >= 0.6 is 11.6 Å². The quantitative estimate of drug-likeness (QED) is 0.619. The lowest BCUT2D eigenvalue weighted by Crippen LogP contribution is -2.35. The van der Waals surface area contributed by atoms with Crippen molar-refractivity contribution in [2.75, 3.05) is 31.2 Å². The van der Waals surface area contributed by atoms with Crippen LogP contribution in [-0.4, -0.2) is 43.0 Å². The molecule has 0 aliphatic carbocycles. The second kappa shape index (κ2) is 10.9. The Kier molecular flexibility index (Phi) is 7.76. The second-order valence-electron chi connectivity index (χ2n) is 8.66. The predicted octanol–water partition coefficient (Wildman–Crippen LogP) is 5.00. The van der Waals surface area contributed by atoms with Gasteiger partial charge in [0.15, 0.2) is 11.5 Å². The van der Waals surface area contributed by atoms with Crippen LogP contribution in [-0.2, 0) is 22.6 Å². The zero-order chi connectivity index (χ0) is 23.2. The molecule has 2 aliphatic rings. The van der Waals surface area contributed by atoms with Gasteiger partial charge in [0.05, 0.1) is 11.4 Å². The summed E-state index contributed by atoms with van der Waals surface area (Å²) in [7, 11) is 0. The number of rotatable bonds is 2. The molecule has 0 radical (unpaired) electrons. The topological polar surface area (TPSA) is 59.1 Å². The summed E-state index contributed by atoms with van der Waals surface area (Å²) in [5.41, 5.74) is 2.69. The van der Waals surface area contributed by atoms with Gasteiger partial charge in [0.25, 0.3) is 0 Å². The summed E-state index contributed by atoms with van der Waals surface area (Å²) in [4.78, 5) is 29.6. The summed E-state index contributed by atoms with van der Waals surface area (Å²) >= 11 is 6.38. The van der Waals surface area contributed by atoms with Crippen LogP contribution in [0.4, 0.5) is 5.69 Å². The van der Waals surface area contributed by atoms with Crippen LogP contribution in [0.5, 0.6) is 11.5 Å². The molecule has 0 atom stereocenters. The summed E-state index contributed by atoms with van der Waals surface area (Å²) in [5.74, 6) is 1.20. The maximum atomic E-state index is 13.4. The van der Waals surface area contributed by atoms with E-state index >= 15 is 0 Å². The number of hydrogen-bond donors (Lipinski definition) is 0. The van der Waals surface area contributed by atoms with Gasteiger partial charge >= 0.3 is 0 Å². The number of nitrogens with zero attached hydrogens (tertiary/aromatic N) is 2. The lowest BCUT2D eigenvalue weighted by molar-refractivity contribution is -0.131. The molecular weight excluding hydrogens is 440 g/mol. The Hall–Kier alpha value is -2.73. The van der Waals surface area contributed by atoms with Crippen LogP contribution in [0, 0.1) is 0 Å². The molecule has 2 amide bonds. The van der Waals surface area contributed by atoms with Crippen molar-refractivity contribution >= 4 is 29.1 Å². The molecule has 2 aromatic rings. The number of hydrogen-bond acceptors (Lipinski definition) is 4. The predicted molar refractivity (Wildman–Crippen MR) is 129 cm³/mol. The first-order chi connectivity index (χ1) is 16.0. The fourth-order valence-corrected chi connectivity index (χ4v) is 4.80. The van der Waals surface area contributed by atoms with Gasteiger partial charge in [-0.2, -0.15) is 0 Å². The average Bonchev–Trinajstić information content (AvgIpc) is 2.79. The molecule has 2 aliphatic heterocycles. The minimum atomic E-state index is 0.0308. The molecule has 0 spiro atoms. The van der Waals surface area contributed by atoms with E-state index in [9.17, 15) is 9.59 Å². The molecule has 176 valence electrons. The Morgan fingerprint density at radius 2 is 1.70 bits per heavy atom. The van der Waals surface area contributed by atoms with Crippen LogP contribution in [0.2, 0.25) is 5.02 Å². The fourth-order valence-electron chi connectivity index (χ4n) is 4.51. The lowest BCUT2D eigenvalue weighted by atomic mass is 10.1. The van der Waals surface area contributed by atoms with Crippen molar-refractivity contribution in [1.82, 2.24) is 4.90 Å². The van der Waals surface area contributed by atoms with Crippen molar-refractivity contribution in [3.8, 4) is 11.5 Å². The molecule has 2 aromatic carbocycles. The molecule has 33 heavy (non-hydrogen) atoms. The van der Waals surface area contributed by atoms with E-state index in [-0.39, 0.29) is 18.2 Å². The van der Waals surface area contributed by atoms with Crippen LogP contribution in [0.3, 0.4) is 0 Å². The molecule has 7 heteroatoms. The highest BCUT2D eigenvalue weighted by molar-refractivity contribution is 6.32. The molecule has 6 nitrogen and oxygen atoms in total. The van der Waals surface area contributed by atoms with Gasteiger partial charge in [0, 0.05) is 32.2 Å². The largest absolute Gasteiger partial charge is 0.486 e.